The van der Waals surface area contributed by atoms with Gasteiger partial charge in [-0.15, -0.1) is 0 Å². The number of hydrogen-bond acceptors (Lipinski definition) is 6. The van der Waals surface area contributed by atoms with Crippen LogP contribution < -0.4 is 5.73 Å². The molecule has 6 nitrogen and oxygen atoms in total. The van der Waals surface area contributed by atoms with Crippen LogP contribution in [0.15, 0.2) is 48.5 Å². The fraction of sp³-hybridized carbons (Fsp3) is 0.417. The van der Waals surface area contributed by atoms with Gasteiger partial charge in [-0.3, -0.25) is 4.79 Å². The molecule has 2 atom stereocenters. The fourth-order valence-corrected chi connectivity index (χ4v) is 4.14. The van der Waals surface area contributed by atoms with Crippen molar-refractivity contribution in [3.63, 3.8) is 0 Å². The molecule has 0 aromatic heterocycles. The monoisotopic (exact) mass is 443 g/mol. The van der Waals surface area contributed by atoms with E-state index in [0.717, 1.165) is 30.8 Å². The molecule has 0 spiro atoms. The molecule has 1 aliphatic rings. The molecule has 166 valence electrons. The van der Waals surface area contributed by atoms with Crippen molar-refractivity contribution in [3.8, 4) is 11.1 Å². The Balaban J connectivity index is 1.89. The van der Waals surface area contributed by atoms with E-state index in [1.54, 1.807) is 6.07 Å². The number of carboxylic acids is 1. The zero-order valence-electron chi connectivity index (χ0n) is 17.7. The first kappa shape index (κ1) is 23.5. The third-order valence-electron chi connectivity index (χ3n) is 5.55. The Labute approximate surface area is 187 Å². The van der Waals surface area contributed by atoms with Crippen molar-refractivity contribution >= 4 is 23.5 Å². The lowest BCUT2D eigenvalue weighted by molar-refractivity contribution is -0.141. The van der Waals surface area contributed by atoms with Crippen LogP contribution in [0.25, 0.3) is 11.1 Å². The smallest absolute Gasteiger partial charge is 0.331 e. The number of nitrogens with two attached hydrogens (primary N) is 1. The lowest BCUT2D eigenvalue weighted by Gasteiger charge is -2.24. The Kier molecular flexibility index (Phi) is 8.26. The number of carboxylic acid groups (broad SMARTS) is 1. The highest BCUT2D eigenvalue weighted by Crippen LogP contribution is 2.29. The second-order valence-corrected chi connectivity index (χ2v) is 8.82. The number of hydrogen-bond donors (Lipinski definition) is 2. The summed E-state index contributed by atoms with van der Waals surface area (Å²) in [5.41, 5.74) is 6.89. The number of ether oxygens (including phenoxy) is 2. The Morgan fingerprint density at radius 2 is 2.03 bits per heavy atom. The molecule has 0 aliphatic carbocycles. The highest BCUT2D eigenvalue weighted by atomic mass is 32.2. The average Bonchev–Trinajstić information content (AvgIpc) is 3.31. The Bertz CT molecular complexity index is 898. The summed E-state index contributed by atoms with van der Waals surface area (Å²) in [4.78, 5) is 25.3. The van der Waals surface area contributed by atoms with Crippen LogP contribution in [0.1, 0.15) is 28.8 Å². The average molecular weight is 444 g/mol. The maximum Gasteiger partial charge on any atom is 0.331 e. The molecule has 1 heterocycles. The Hall–Kier alpha value is -2.19. The van der Waals surface area contributed by atoms with E-state index in [-0.39, 0.29) is 6.42 Å². The number of benzene rings is 2. The quantitative estimate of drug-likeness (QED) is 0.404. The summed E-state index contributed by atoms with van der Waals surface area (Å²) in [6.45, 7) is 2.54. The zero-order chi connectivity index (χ0) is 22.3. The summed E-state index contributed by atoms with van der Waals surface area (Å²) in [7, 11) is 0. The minimum Gasteiger partial charge on any atom is -0.480 e. The summed E-state index contributed by atoms with van der Waals surface area (Å²) in [6.07, 6.45) is 2.92. The minimum atomic E-state index is -1.97. The summed E-state index contributed by atoms with van der Waals surface area (Å²) < 4.78 is 11.2. The van der Waals surface area contributed by atoms with Crippen LogP contribution in [0.5, 0.6) is 0 Å². The normalized spacial score (nSPS) is 17.9. The van der Waals surface area contributed by atoms with E-state index < -0.39 is 17.3 Å². The first-order valence-corrected chi connectivity index (χ1v) is 11.7. The molecule has 0 radical (unpaired) electrons. The van der Waals surface area contributed by atoms with E-state index in [0.29, 0.717) is 36.0 Å². The molecular formula is C24H29NO5S. The Morgan fingerprint density at radius 1 is 1.26 bits per heavy atom. The number of ketones is 1. The molecule has 31 heavy (non-hydrogen) atoms. The van der Waals surface area contributed by atoms with Crippen LogP contribution in [0.4, 0.5) is 0 Å². The summed E-state index contributed by atoms with van der Waals surface area (Å²) in [5.74, 6) is -0.994. The molecule has 0 bridgehead atoms. The lowest BCUT2D eigenvalue weighted by atomic mass is 9.84. The van der Waals surface area contributed by atoms with Crippen molar-refractivity contribution < 1.29 is 24.2 Å². The molecule has 2 aromatic carbocycles. The van der Waals surface area contributed by atoms with E-state index in [2.05, 4.69) is 0 Å². The van der Waals surface area contributed by atoms with Crippen LogP contribution in [-0.4, -0.2) is 54.2 Å². The third-order valence-corrected chi connectivity index (χ3v) is 6.16. The van der Waals surface area contributed by atoms with Crippen LogP contribution in [0.2, 0.25) is 0 Å². The number of thioether (sulfide) groups is 1. The van der Waals surface area contributed by atoms with Gasteiger partial charge in [-0.2, -0.15) is 11.8 Å². The van der Waals surface area contributed by atoms with Gasteiger partial charge in [0.1, 0.15) is 0 Å². The van der Waals surface area contributed by atoms with Gasteiger partial charge in [0.2, 0.25) is 0 Å². The number of rotatable bonds is 11. The summed E-state index contributed by atoms with van der Waals surface area (Å²) in [6, 6.07) is 14.8. The van der Waals surface area contributed by atoms with Gasteiger partial charge in [0.15, 0.2) is 11.3 Å². The molecule has 2 aromatic rings. The SMILES string of the molecule is CSCCC(N)(C(=O)O)C(=O)c1ccc(COCC2CCOC2)cc1-c1ccccc1. The van der Waals surface area contributed by atoms with Gasteiger partial charge in [-0.05, 0) is 47.6 Å². The van der Waals surface area contributed by atoms with Gasteiger partial charge >= 0.3 is 5.97 Å². The molecule has 0 saturated carbocycles. The first-order valence-electron chi connectivity index (χ1n) is 10.4. The number of aliphatic carboxylic acids is 1. The predicted molar refractivity (Wildman–Crippen MR) is 122 cm³/mol. The van der Waals surface area contributed by atoms with Crippen LogP contribution in [0, 0.1) is 5.92 Å². The molecule has 7 heteroatoms. The van der Waals surface area contributed by atoms with Crippen LogP contribution in [-0.2, 0) is 20.9 Å². The summed E-state index contributed by atoms with van der Waals surface area (Å²) in [5, 5.41) is 9.74. The maximum atomic E-state index is 13.3. The molecule has 1 saturated heterocycles. The lowest BCUT2D eigenvalue weighted by Crippen LogP contribution is -2.55. The highest BCUT2D eigenvalue weighted by Gasteiger charge is 2.42. The second kappa shape index (κ2) is 10.9. The van der Waals surface area contributed by atoms with Crippen LogP contribution >= 0.6 is 11.8 Å². The van der Waals surface area contributed by atoms with Gasteiger partial charge in [0.05, 0.1) is 19.8 Å². The van der Waals surface area contributed by atoms with Crippen molar-refractivity contribution in [2.45, 2.75) is 25.0 Å². The molecule has 1 aliphatic heterocycles. The minimum absolute atomic E-state index is 0.0604. The van der Waals surface area contributed by atoms with Crippen molar-refractivity contribution in [3.05, 3.63) is 59.7 Å². The third kappa shape index (κ3) is 5.74. The summed E-state index contributed by atoms with van der Waals surface area (Å²) >= 11 is 1.46. The zero-order valence-corrected chi connectivity index (χ0v) is 18.5. The van der Waals surface area contributed by atoms with Gasteiger partial charge < -0.3 is 20.3 Å². The van der Waals surface area contributed by atoms with E-state index >= 15 is 0 Å². The molecular weight excluding hydrogens is 414 g/mol. The number of carbonyl (C=O) groups excluding carboxylic acids is 1. The van der Waals surface area contributed by atoms with E-state index in [9.17, 15) is 14.7 Å². The maximum absolute atomic E-state index is 13.3. The fourth-order valence-electron chi connectivity index (χ4n) is 3.61. The largest absolute Gasteiger partial charge is 0.480 e. The van der Waals surface area contributed by atoms with Crippen molar-refractivity contribution in [1.82, 2.24) is 0 Å². The van der Waals surface area contributed by atoms with Gasteiger partial charge in [0, 0.05) is 18.1 Å². The molecule has 3 N–H and O–H groups in total. The van der Waals surface area contributed by atoms with Crippen molar-refractivity contribution in [1.29, 1.82) is 0 Å². The molecule has 2 unspecified atom stereocenters. The highest BCUT2D eigenvalue weighted by molar-refractivity contribution is 7.98. The molecule has 1 fully saturated rings. The first-order chi connectivity index (χ1) is 15.0. The van der Waals surface area contributed by atoms with E-state index in [4.69, 9.17) is 15.2 Å². The molecule has 3 rings (SSSR count). The van der Waals surface area contributed by atoms with Crippen LogP contribution in [0.3, 0.4) is 0 Å². The standard InChI is InChI=1S/C24H29NO5S/c1-31-12-10-24(25,23(27)28)22(26)20-8-7-17(14-30-16-18-9-11-29-15-18)13-21(20)19-5-3-2-4-6-19/h2-8,13,18H,9-12,14-16,25H2,1H3,(H,27,28). The van der Waals surface area contributed by atoms with Gasteiger partial charge in [0.25, 0.3) is 0 Å². The number of Topliss-reactive ketones (excluding diaryl/α,β-unsaturated/α-hetero) is 1. The van der Waals surface area contributed by atoms with Gasteiger partial charge in [-0.25, -0.2) is 4.79 Å². The second-order valence-electron chi connectivity index (χ2n) is 7.84. The topological polar surface area (TPSA) is 98.9 Å². The Morgan fingerprint density at radius 3 is 2.68 bits per heavy atom. The van der Waals surface area contributed by atoms with E-state index in [1.165, 1.54) is 11.8 Å². The van der Waals surface area contributed by atoms with Crippen molar-refractivity contribution in [2.24, 2.45) is 11.7 Å². The predicted octanol–water partition coefficient (Wildman–Crippen LogP) is 3.62. The number of carbonyl (C=O) groups is 2. The molecule has 0 amide bonds. The van der Waals surface area contributed by atoms with Crippen molar-refractivity contribution in [2.75, 3.05) is 31.8 Å². The van der Waals surface area contributed by atoms with Gasteiger partial charge in [-0.1, -0.05) is 42.5 Å². The van der Waals surface area contributed by atoms with E-state index in [1.807, 2.05) is 48.7 Å².